The third-order valence-corrected chi connectivity index (χ3v) is 6.05. The van der Waals surface area contributed by atoms with E-state index in [2.05, 4.69) is 25.8 Å². The predicted molar refractivity (Wildman–Crippen MR) is 118 cm³/mol. The number of amides is 1. The first kappa shape index (κ1) is 20.9. The smallest absolute Gasteiger partial charge is 0.301 e. The Labute approximate surface area is 183 Å². The largest absolute Gasteiger partial charge is 0.507 e. The van der Waals surface area contributed by atoms with E-state index in [1.807, 2.05) is 24.3 Å². The fourth-order valence-electron chi connectivity index (χ4n) is 3.61. The first-order chi connectivity index (χ1) is 14.7. The molecule has 7 heteroatoms. The van der Waals surface area contributed by atoms with E-state index in [0.29, 0.717) is 10.7 Å². The number of anilines is 1. The summed E-state index contributed by atoms with van der Waals surface area (Å²) in [5.74, 6) is -2.37. The van der Waals surface area contributed by atoms with E-state index >= 15 is 0 Å². The molecule has 1 aromatic heterocycles. The summed E-state index contributed by atoms with van der Waals surface area (Å²) in [6.07, 6.45) is 1.55. The Bertz CT molecular complexity index is 1160. The standard InChI is InChI=1S/C24H21FN2O3S/c1-24(2,3)16-8-4-14(5-9-16)19-18(20(28)15-6-10-17(25)11-7-15)21(29)22(30)27(19)23-26-12-13-31-23/h4-13,19,28H,1-3H3/b20-18+/t19-/m1/s1. The molecule has 1 atom stereocenters. The number of hydrogen-bond donors (Lipinski definition) is 1. The van der Waals surface area contributed by atoms with Crippen molar-refractivity contribution in [3.8, 4) is 0 Å². The van der Waals surface area contributed by atoms with Gasteiger partial charge in [0.1, 0.15) is 11.6 Å². The van der Waals surface area contributed by atoms with Crippen molar-refractivity contribution >= 4 is 33.9 Å². The number of ketones is 1. The molecule has 1 aliphatic heterocycles. The molecule has 31 heavy (non-hydrogen) atoms. The molecule has 5 nitrogen and oxygen atoms in total. The number of aliphatic hydroxyl groups is 1. The van der Waals surface area contributed by atoms with Gasteiger partial charge in [-0.1, -0.05) is 45.0 Å². The summed E-state index contributed by atoms with van der Waals surface area (Å²) < 4.78 is 13.4. The van der Waals surface area contributed by atoms with Crippen molar-refractivity contribution in [1.82, 2.24) is 4.98 Å². The fourth-order valence-corrected chi connectivity index (χ4v) is 4.28. The summed E-state index contributed by atoms with van der Waals surface area (Å²) >= 11 is 1.23. The van der Waals surface area contributed by atoms with Crippen LogP contribution in [0.1, 0.15) is 43.5 Å². The summed E-state index contributed by atoms with van der Waals surface area (Å²) in [6.45, 7) is 6.29. The molecule has 3 aromatic rings. The van der Waals surface area contributed by atoms with Crippen molar-refractivity contribution in [2.45, 2.75) is 32.2 Å². The number of rotatable bonds is 3. The zero-order valence-electron chi connectivity index (χ0n) is 17.3. The summed E-state index contributed by atoms with van der Waals surface area (Å²) in [4.78, 5) is 31.5. The van der Waals surface area contributed by atoms with Gasteiger partial charge < -0.3 is 5.11 Å². The van der Waals surface area contributed by atoms with Gasteiger partial charge in [-0.2, -0.15) is 0 Å². The lowest BCUT2D eigenvalue weighted by Gasteiger charge is -2.24. The van der Waals surface area contributed by atoms with Crippen LogP contribution in [0, 0.1) is 5.82 Å². The highest BCUT2D eigenvalue weighted by atomic mass is 32.1. The molecule has 4 rings (SSSR count). The van der Waals surface area contributed by atoms with Gasteiger partial charge in [0.15, 0.2) is 5.13 Å². The van der Waals surface area contributed by atoms with E-state index in [4.69, 9.17) is 0 Å². The zero-order valence-corrected chi connectivity index (χ0v) is 18.1. The van der Waals surface area contributed by atoms with Gasteiger partial charge in [-0.25, -0.2) is 9.37 Å². The van der Waals surface area contributed by atoms with Crippen LogP contribution < -0.4 is 4.90 Å². The number of halogens is 1. The number of carbonyl (C=O) groups excluding carboxylic acids is 2. The molecule has 0 spiro atoms. The fraction of sp³-hybridized carbons (Fsp3) is 0.208. The Morgan fingerprint density at radius 1 is 1.06 bits per heavy atom. The molecule has 1 saturated heterocycles. The van der Waals surface area contributed by atoms with E-state index < -0.39 is 23.5 Å². The molecule has 0 bridgehead atoms. The topological polar surface area (TPSA) is 70.5 Å². The van der Waals surface area contributed by atoms with Crippen LogP contribution in [0.4, 0.5) is 9.52 Å². The van der Waals surface area contributed by atoms with Gasteiger partial charge in [0.2, 0.25) is 0 Å². The average molecular weight is 437 g/mol. The number of aromatic nitrogens is 1. The molecule has 2 aromatic carbocycles. The molecule has 1 aliphatic rings. The number of benzene rings is 2. The number of Topliss-reactive ketones (excluding diaryl/α,β-unsaturated/α-hetero) is 1. The maximum Gasteiger partial charge on any atom is 0.301 e. The van der Waals surface area contributed by atoms with Crippen molar-refractivity contribution < 1.29 is 19.1 Å². The van der Waals surface area contributed by atoms with E-state index in [1.54, 1.807) is 11.6 Å². The first-order valence-electron chi connectivity index (χ1n) is 9.75. The average Bonchev–Trinajstić information content (AvgIpc) is 3.34. The third-order valence-electron chi connectivity index (χ3n) is 5.28. The zero-order chi connectivity index (χ0) is 22.3. The molecule has 0 unspecified atom stereocenters. The SMILES string of the molecule is CC(C)(C)c1ccc([C@@H]2/C(=C(\O)c3ccc(F)cc3)C(=O)C(=O)N2c2nccs2)cc1. The molecule has 1 N–H and O–H groups in total. The highest BCUT2D eigenvalue weighted by Crippen LogP contribution is 2.43. The number of hydrogen-bond acceptors (Lipinski definition) is 5. The minimum Gasteiger partial charge on any atom is -0.507 e. The van der Waals surface area contributed by atoms with Crippen LogP contribution in [-0.2, 0) is 15.0 Å². The summed E-state index contributed by atoms with van der Waals surface area (Å²) in [5.41, 5.74) is 1.92. The molecule has 1 fully saturated rings. The monoisotopic (exact) mass is 436 g/mol. The van der Waals surface area contributed by atoms with Crippen molar-refractivity contribution in [3.63, 3.8) is 0 Å². The lowest BCUT2D eigenvalue weighted by molar-refractivity contribution is -0.132. The minimum atomic E-state index is -0.842. The summed E-state index contributed by atoms with van der Waals surface area (Å²) in [5, 5.41) is 13.1. The Balaban J connectivity index is 1.90. The predicted octanol–water partition coefficient (Wildman–Crippen LogP) is 5.21. The molecule has 1 amide bonds. The number of aliphatic hydroxyl groups excluding tert-OH is 1. The van der Waals surface area contributed by atoms with Crippen molar-refractivity contribution in [2.75, 3.05) is 4.90 Å². The van der Waals surface area contributed by atoms with Gasteiger partial charge in [0.25, 0.3) is 5.78 Å². The molecule has 0 aliphatic carbocycles. The van der Waals surface area contributed by atoms with Crippen LogP contribution in [0.15, 0.2) is 65.7 Å². The van der Waals surface area contributed by atoms with Gasteiger partial charge in [0, 0.05) is 17.1 Å². The second-order valence-corrected chi connectivity index (χ2v) is 9.24. The second-order valence-electron chi connectivity index (χ2n) is 8.36. The molecule has 158 valence electrons. The highest BCUT2D eigenvalue weighted by Gasteiger charge is 2.48. The van der Waals surface area contributed by atoms with Crippen LogP contribution in [0.25, 0.3) is 5.76 Å². The molecular weight excluding hydrogens is 415 g/mol. The van der Waals surface area contributed by atoms with Crippen molar-refractivity contribution in [1.29, 1.82) is 0 Å². The van der Waals surface area contributed by atoms with Gasteiger partial charge in [0.05, 0.1) is 11.6 Å². The van der Waals surface area contributed by atoms with Crippen LogP contribution in [0.2, 0.25) is 0 Å². The maximum absolute atomic E-state index is 13.4. The molecule has 2 heterocycles. The first-order valence-corrected chi connectivity index (χ1v) is 10.6. The molecule has 0 radical (unpaired) electrons. The van der Waals surface area contributed by atoms with Crippen LogP contribution in [0.5, 0.6) is 0 Å². The van der Waals surface area contributed by atoms with Crippen molar-refractivity contribution in [3.05, 3.63) is 88.2 Å². The van der Waals surface area contributed by atoms with E-state index in [1.165, 1.54) is 40.5 Å². The molecule has 0 saturated carbocycles. The quantitative estimate of drug-likeness (QED) is 0.348. The maximum atomic E-state index is 13.4. The number of thiazole rings is 1. The van der Waals surface area contributed by atoms with Gasteiger partial charge in [-0.3, -0.25) is 14.5 Å². The lowest BCUT2D eigenvalue weighted by atomic mass is 9.85. The highest BCUT2D eigenvalue weighted by molar-refractivity contribution is 7.14. The van der Waals surface area contributed by atoms with E-state index in [0.717, 1.165) is 5.56 Å². The number of carbonyl (C=O) groups is 2. The summed E-state index contributed by atoms with van der Waals surface area (Å²) in [6, 6.07) is 11.9. The van der Waals surface area contributed by atoms with Crippen LogP contribution in [-0.4, -0.2) is 21.8 Å². The van der Waals surface area contributed by atoms with Gasteiger partial charge in [-0.05, 0) is 40.8 Å². The Kier molecular flexibility index (Phi) is 5.23. The Morgan fingerprint density at radius 3 is 2.26 bits per heavy atom. The minimum absolute atomic E-state index is 0.0460. The van der Waals surface area contributed by atoms with Crippen LogP contribution >= 0.6 is 11.3 Å². The molecular formula is C24H21FN2O3S. The summed E-state index contributed by atoms with van der Waals surface area (Å²) in [7, 11) is 0. The normalized spacial score (nSPS) is 18.6. The Morgan fingerprint density at radius 2 is 1.71 bits per heavy atom. The van der Waals surface area contributed by atoms with E-state index in [9.17, 15) is 19.1 Å². The Hall–Kier alpha value is -3.32. The van der Waals surface area contributed by atoms with Crippen LogP contribution in [0.3, 0.4) is 0 Å². The lowest BCUT2D eigenvalue weighted by Crippen LogP contribution is -2.29. The number of nitrogens with zero attached hydrogens (tertiary/aromatic N) is 2. The van der Waals surface area contributed by atoms with E-state index in [-0.39, 0.29) is 22.3 Å². The van der Waals surface area contributed by atoms with Crippen molar-refractivity contribution in [2.24, 2.45) is 0 Å². The van der Waals surface area contributed by atoms with Gasteiger partial charge >= 0.3 is 5.91 Å². The second kappa shape index (κ2) is 7.74. The third kappa shape index (κ3) is 3.77. The van der Waals surface area contributed by atoms with Gasteiger partial charge in [-0.15, -0.1) is 11.3 Å².